The molecule has 0 unspecified atom stereocenters. The lowest BCUT2D eigenvalue weighted by Gasteiger charge is -2.08. The third kappa shape index (κ3) is 2.06. The molecule has 2 rings (SSSR count). The van der Waals surface area contributed by atoms with Crippen LogP contribution in [0.2, 0.25) is 0 Å². The summed E-state index contributed by atoms with van der Waals surface area (Å²) in [4.78, 5) is 26.1. The Kier molecular flexibility index (Phi) is 3.05. The van der Waals surface area contributed by atoms with Crippen LogP contribution in [0.3, 0.4) is 0 Å². The van der Waals surface area contributed by atoms with E-state index in [4.69, 9.17) is 10.2 Å². The summed E-state index contributed by atoms with van der Waals surface area (Å²) in [6, 6.07) is 7.57. The maximum atomic E-state index is 11.1. The molecule has 0 fully saturated rings. The number of rotatable bonds is 3. The number of carboxylic acids is 2. The minimum atomic E-state index is -1.12. The Morgan fingerprint density at radius 1 is 0.889 bits per heavy atom. The fourth-order valence-corrected chi connectivity index (χ4v) is 1.70. The van der Waals surface area contributed by atoms with Crippen molar-refractivity contribution in [2.24, 2.45) is 0 Å². The van der Waals surface area contributed by atoms with Gasteiger partial charge in [0.1, 0.15) is 0 Å². The zero-order valence-electron chi connectivity index (χ0n) is 9.20. The Labute approximate surface area is 102 Å². The Hall–Kier alpha value is -2.69. The average Bonchev–Trinajstić information content (AvgIpc) is 2.38. The van der Waals surface area contributed by atoms with Crippen LogP contribution in [0.4, 0.5) is 0 Å². The molecule has 0 saturated carbocycles. The second-order valence-electron chi connectivity index (χ2n) is 3.58. The SMILES string of the molecule is O=C(O)c1ccccc1-c1cnccc1C(=O)O. The molecule has 90 valence electrons. The summed E-state index contributed by atoms with van der Waals surface area (Å²) >= 11 is 0. The molecule has 18 heavy (non-hydrogen) atoms. The second-order valence-corrected chi connectivity index (χ2v) is 3.58. The van der Waals surface area contributed by atoms with Gasteiger partial charge in [-0.15, -0.1) is 0 Å². The molecule has 2 aromatic rings. The largest absolute Gasteiger partial charge is 0.478 e. The van der Waals surface area contributed by atoms with Gasteiger partial charge in [0.2, 0.25) is 0 Å². The minimum absolute atomic E-state index is 0.0266. The number of carboxylic acid groups (broad SMARTS) is 2. The van der Waals surface area contributed by atoms with Crippen molar-refractivity contribution in [3.63, 3.8) is 0 Å². The van der Waals surface area contributed by atoms with Crippen molar-refractivity contribution in [2.45, 2.75) is 0 Å². The molecular weight excluding hydrogens is 234 g/mol. The predicted octanol–water partition coefficient (Wildman–Crippen LogP) is 2.15. The highest BCUT2D eigenvalue weighted by Gasteiger charge is 2.16. The van der Waals surface area contributed by atoms with Crippen LogP contribution in [0.25, 0.3) is 11.1 Å². The van der Waals surface area contributed by atoms with Gasteiger partial charge in [-0.2, -0.15) is 0 Å². The summed E-state index contributed by atoms with van der Waals surface area (Å²) in [5.74, 6) is -2.22. The number of nitrogens with zero attached hydrogens (tertiary/aromatic N) is 1. The predicted molar refractivity (Wildman–Crippen MR) is 63.6 cm³/mol. The van der Waals surface area contributed by atoms with Gasteiger partial charge in [0.15, 0.2) is 0 Å². The summed E-state index contributed by atoms with van der Waals surface area (Å²) in [6.45, 7) is 0. The van der Waals surface area contributed by atoms with E-state index in [1.807, 2.05) is 0 Å². The van der Waals surface area contributed by atoms with Crippen molar-refractivity contribution in [1.29, 1.82) is 0 Å². The number of benzene rings is 1. The smallest absolute Gasteiger partial charge is 0.336 e. The Morgan fingerprint density at radius 2 is 1.50 bits per heavy atom. The van der Waals surface area contributed by atoms with Gasteiger partial charge >= 0.3 is 11.9 Å². The Balaban J connectivity index is 2.70. The first-order chi connectivity index (χ1) is 8.61. The van der Waals surface area contributed by atoms with Gasteiger partial charge in [0.05, 0.1) is 11.1 Å². The maximum absolute atomic E-state index is 11.1. The first-order valence-corrected chi connectivity index (χ1v) is 5.11. The highest BCUT2D eigenvalue weighted by molar-refractivity contribution is 6.01. The summed E-state index contributed by atoms with van der Waals surface area (Å²) in [6.07, 6.45) is 2.71. The van der Waals surface area contributed by atoms with Crippen LogP contribution in [0.1, 0.15) is 20.7 Å². The van der Waals surface area contributed by atoms with Crippen LogP contribution in [-0.2, 0) is 0 Å². The molecule has 0 aliphatic carbocycles. The second kappa shape index (κ2) is 4.67. The van der Waals surface area contributed by atoms with E-state index in [2.05, 4.69) is 4.98 Å². The van der Waals surface area contributed by atoms with E-state index in [9.17, 15) is 9.59 Å². The first kappa shape index (κ1) is 11.8. The molecule has 0 atom stereocenters. The molecule has 1 heterocycles. The average molecular weight is 243 g/mol. The van der Waals surface area contributed by atoms with Crippen LogP contribution < -0.4 is 0 Å². The zero-order chi connectivity index (χ0) is 13.1. The van der Waals surface area contributed by atoms with Crippen molar-refractivity contribution < 1.29 is 19.8 Å². The lowest BCUT2D eigenvalue weighted by molar-refractivity contribution is 0.0684. The lowest BCUT2D eigenvalue weighted by atomic mass is 9.97. The van der Waals surface area contributed by atoms with E-state index < -0.39 is 11.9 Å². The minimum Gasteiger partial charge on any atom is -0.478 e. The summed E-state index contributed by atoms with van der Waals surface area (Å²) in [7, 11) is 0. The summed E-state index contributed by atoms with van der Waals surface area (Å²) in [5, 5.41) is 18.2. The van der Waals surface area contributed by atoms with Crippen molar-refractivity contribution >= 4 is 11.9 Å². The van der Waals surface area contributed by atoms with Crippen LogP contribution in [-0.4, -0.2) is 27.1 Å². The fourth-order valence-electron chi connectivity index (χ4n) is 1.70. The van der Waals surface area contributed by atoms with E-state index in [0.717, 1.165) is 0 Å². The van der Waals surface area contributed by atoms with Gasteiger partial charge in [-0.25, -0.2) is 9.59 Å². The van der Waals surface area contributed by atoms with Crippen molar-refractivity contribution in [2.75, 3.05) is 0 Å². The maximum Gasteiger partial charge on any atom is 0.336 e. The van der Waals surface area contributed by atoms with Crippen molar-refractivity contribution in [1.82, 2.24) is 4.98 Å². The van der Waals surface area contributed by atoms with Crippen molar-refractivity contribution in [3.8, 4) is 11.1 Å². The standard InChI is InChI=1S/C13H9NO4/c15-12(16)9-4-2-1-3-8(9)11-7-14-6-5-10(11)13(17)18/h1-7H,(H,15,16)(H,17,18). The van der Waals surface area contributed by atoms with Gasteiger partial charge in [0.25, 0.3) is 0 Å². The molecule has 0 bridgehead atoms. The molecule has 0 radical (unpaired) electrons. The Morgan fingerprint density at radius 3 is 2.17 bits per heavy atom. The number of hydrogen-bond acceptors (Lipinski definition) is 3. The molecule has 5 heteroatoms. The van der Waals surface area contributed by atoms with Crippen LogP contribution in [0.5, 0.6) is 0 Å². The van der Waals surface area contributed by atoms with E-state index in [1.165, 1.54) is 24.5 Å². The first-order valence-electron chi connectivity index (χ1n) is 5.11. The molecule has 0 saturated heterocycles. The van der Waals surface area contributed by atoms with E-state index in [1.54, 1.807) is 18.2 Å². The topological polar surface area (TPSA) is 87.5 Å². The summed E-state index contributed by atoms with van der Waals surface area (Å²) < 4.78 is 0. The van der Waals surface area contributed by atoms with Crippen LogP contribution in [0.15, 0.2) is 42.7 Å². The third-order valence-electron chi connectivity index (χ3n) is 2.50. The molecule has 0 spiro atoms. The number of aromatic nitrogens is 1. The third-order valence-corrected chi connectivity index (χ3v) is 2.50. The molecule has 0 aliphatic rings. The van der Waals surface area contributed by atoms with Crippen LogP contribution in [0, 0.1) is 0 Å². The quantitative estimate of drug-likeness (QED) is 0.862. The normalized spacial score (nSPS) is 10.0. The van der Waals surface area contributed by atoms with Crippen molar-refractivity contribution in [3.05, 3.63) is 53.9 Å². The molecular formula is C13H9NO4. The van der Waals surface area contributed by atoms with Crippen LogP contribution >= 0.6 is 0 Å². The van der Waals surface area contributed by atoms with Gasteiger partial charge in [0, 0.05) is 18.0 Å². The zero-order valence-corrected chi connectivity index (χ0v) is 9.20. The monoisotopic (exact) mass is 243 g/mol. The molecule has 1 aromatic heterocycles. The fraction of sp³-hybridized carbons (Fsp3) is 0. The van der Waals surface area contributed by atoms with E-state index in [-0.39, 0.29) is 11.1 Å². The molecule has 0 aliphatic heterocycles. The van der Waals surface area contributed by atoms with Gasteiger partial charge in [-0.3, -0.25) is 4.98 Å². The highest BCUT2D eigenvalue weighted by atomic mass is 16.4. The molecule has 2 N–H and O–H groups in total. The number of pyridine rings is 1. The summed E-state index contributed by atoms with van der Waals surface area (Å²) in [5.41, 5.74) is 0.713. The lowest BCUT2D eigenvalue weighted by Crippen LogP contribution is -2.04. The Bertz CT molecular complexity index is 566. The molecule has 1 aromatic carbocycles. The number of aromatic carboxylic acids is 2. The van der Waals surface area contributed by atoms with Gasteiger partial charge in [-0.1, -0.05) is 18.2 Å². The highest BCUT2D eigenvalue weighted by Crippen LogP contribution is 2.26. The van der Waals surface area contributed by atoms with Gasteiger partial charge < -0.3 is 10.2 Å². The number of hydrogen-bond donors (Lipinski definition) is 2. The number of carbonyl (C=O) groups is 2. The van der Waals surface area contributed by atoms with Gasteiger partial charge in [-0.05, 0) is 17.7 Å². The van der Waals surface area contributed by atoms with E-state index in [0.29, 0.717) is 11.1 Å². The molecule has 0 amide bonds. The molecule has 5 nitrogen and oxygen atoms in total. The van der Waals surface area contributed by atoms with E-state index >= 15 is 0 Å².